The monoisotopic (exact) mass is 305 g/mol. The SMILES string of the molecule is CC(C)(C)OC(=O)N1CC[C@@H](Cc2ccccc2)[C@H]1C(=O)O. The Hall–Kier alpha value is -2.04. The maximum atomic E-state index is 12.2. The summed E-state index contributed by atoms with van der Waals surface area (Å²) in [5.74, 6) is -1.06. The van der Waals surface area contributed by atoms with Gasteiger partial charge in [-0.05, 0) is 45.1 Å². The van der Waals surface area contributed by atoms with Gasteiger partial charge in [-0.2, -0.15) is 0 Å². The number of rotatable bonds is 3. The van der Waals surface area contributed by atoms with E-state index in [1.54, 1.807) is 20.8 Å². The van der Waals surface area contributed by atoms with Crippen molar-refractivity contribution in [1.29, 1.82) is 0 Å². The van der Waals surface area contributed by atoms with Crippen LogP contribution in [0.2, 0.25) is 0 Å². The second-order valence-electron chi connectivity index (χ2n) is 6.70. The zero-order valence-corrected chi connectivity index (χ0v) is 13.3. The summed E-state index contributed by atoms with van der Waals surface area (Å²) in [4.78, 5) is 25.2. The van der Waals surface area contributed by atoms with Crippen molar-refractivity contribution in [3.05, 3.63) is 35.9 Å². The molecule has 2 rings (SSSR count). The molecule has 1 fully saturated rings. The number of amides is 1. The number of hydrogen-bond acceptors (Lipinski definition) is 3. The molecule has 0 saturated carbocycles. The van der Waals surface area contributed by atoms with Crippen molar-refractivity contribution in [3.8, 4) is 0 Å². The van der Waals surface area contributed by atoms with E-state index in [1.165, 1.54) is 4.90 Å². The van der Waals surface area contributed by atoms with Crippen LogP contribution in [0.3, 0.4) is 0 Å². The Morgan fingerprint density at radius 1 is 1.27 bits per heavy atom. The fourth-order valence-electron chi connectivity index (χ4n) is 2.85. The summed E-state index contributed by atoms with van der Waals surface area (Å²) in [6.45, 7) is 5.75. The van der Waals surface area contributed by atoms with Crippen LogP contribution in [-0.4, -0.2) is 40.3 Å². The molecule has 22 heavy (non-hydrogen) atoms. The van der Waals surface area contributed by atoms with Crippen LogP contribution in [-0.2, 0) is 16.0 Å². The molecule has 0 radical (unpaired) electrons. The number of aliphatic carboxylic acids is 1. The molecule has 120 valence electrons. The first kappa shape index (κ1) is 16.3. The van der Waals surface area contributed by atoms with Crippen LogP contribution in [0, 0.1) is 5.92 Å². The topological polar surface area (TPSA) is 66.8 Å². The van der Waals surface area contributed by atoms with Crippen molar-refractivity contribution in [2.24, 2.45) is 5.92 Å². The summed E-state index contributed by atoms with van der Waals surface area (Å²) in [5.41, 5.74) is 0.460. The van der Waals surface area contributed by atoms with Gasteiger partial charge in [0.05, 0.1) is 0 Å². The molecular formula is C17H23NO4. The van der Waals surface area contributed by atoms with E-state index in [0.29, 0.717) is 19.4 Å². The Morgan fingerprint density at radius 3 is 2.45 bits per heavy atom. The number of hydrogen-bond donors (Lipinski definition) is 1. The predicted octanol–water partition coefficient (Wildman–Crippen LogP) is 2.94. The van der Waals surface area contributed by atoms with E-state index < -0.39 is 23.7 Å². The molecule has 1 saturated heterocycles. The lowest BCUT2D eigenvalue weighted by Crippen LogP contribution is -2.45. The van der Waals surface area contributed by atoms with Crippen molar-refractivity contribution in [2.75, 3.05) is 6.54 Å². The van der Waals surface area contributed by atoms with Crippen LogP contribution in [0.25, 0.3) is 0 Å². The summed E-state index contributed by atoms with van der Waals surface area (Å²) in [7, 11) is 0. The van der Waals surface area contributed by atoms with Crippen molar-refractivity contribution in [3.63, 3.8) is 0 Å². The van der Waals surface area contributed by atoms with Gasteiger partial charge in [-0.3, -0.25) is 4.90 Å². The van der Waals surface area contributed by atoms with Gasteiger partial charge in [0.2, 0.25) is 0 Å². The minimum atomic E-state index is -0.968. The summed E-state index contributed by atoms with van der Waals surface area (Å²) >= 11 is 0. The lowest BCUT2D eigenvalue weighted by atomic mass is 9.92. The van der Waals surface area contributed by atoms with Gasteiger partial charge < -0.3 is 9.84 Å². The van der Waals surface area contributed by atoms with Gasteiger partial charge in [-0.1, -0.05) is 30.3 Å². The van der Waals surface area contributed by atoms with E-state index in [2.05, 4.69) is 0 Å². The standard InChI is InChI=1S/C17H23NO4/c1-17(2,3)22-16(21)18-10-9-13(14(18)15(19)20)11-12-7-5-4-6-8-12/h4-8,13-14H,9-11H2,1-3H3,(H,19,20)/t13-,14-/m0/s1. The highest BCUT2D eigenvalue weighted by molar-refractivity contribution is 5.81. The number of benzene rings is 1. The molecule has 2 atom stereocenters. The van der Waals surface area contributed by atoms with Crippen molar-refractivity contribution < 1.29 is 19.4 Å². The average Bonchev–Trinajstić information content (AvgIpc) is 2.82. The van der Waals surface area contributed by atoms with Gasteiger partial charge in [-0.25, -0.2) is 9.59 Å². The molecular weight excluding hydrogens is 282 g/mol. The Morgan fingerprint density at radius 2 is 1.91 bits per heavy atom. The Labute approximate surface area is 130 Å². The number of nitrogens with zero attached hydrogens (tertiary/aromatic N) is 1. The maximum Gasteiger partial charge on any atom is 0.411 e. The number of carbonyl (C=O) groups excluding carboxylic acids is 1. The molecule has 1 aromatic rings. The first-order chi connectivity index (χ1) is 10.3. The molecule has 5 nitrogen and oxygen atoms in total. The number of ether oxygens (including phenoxy) is 1. The van der Waals surface area contributed by atoms with Gasteiger partial charge in [0.25, 0.3) is 0 Å². The van der Waals surface area contributed by atoms with Gasteiger partial charge >= 0.3 is 12.1 Å². The van der Waals surface area contributed by atoms with E-state index in [9.17, 15) is 14.7 Å². The summed E-state index contributed by atoms with van der Waals surface area (Å²) in [5, 5.41) is 9.53. The Balaban J connectivity index is 2.11. The highest BCUT2D eigenvalue weighted by Crippen LogP contribution is 2.29. The highest BCUT2D eigenvalue weighted by Gasteiger charge is 2.43. The zero-order chi connectivity index (χ0) is 16.3. The second kappa shape index (κ2) is 6.38. The van der Waals surface area contributed by atoms with E-state index in [-0.39, 0.29) is 5.92 Å². The molecule has 0 spiro atoms. The molecule has 0 aliphatic carbocycles. The third kappa shape index (κ3) is 4.00. The molecule has 1 aliphatic heterocycles. The summed E-state index contributed by atoms with van der Waals surface area (Å²) in [6.07, 6.45) is 0.776. The zero-order valence-electron chi connectivity index (χ0n) is 13.3. The number of likely N-dealkylation sites (tertiary alicyclic amines) is 1. The van der Waals surface area contributed by atoms with Crippen molar-refractivity contribution >= 4 is 12.1 Å². The van der Waals surface area contributed by atoms with Crippen LogP contribution >= 0.6 is 0 Å². The normalized spacial score (nSPS) is 21.7. The Bertz CT molecular complexity index is 535. The van der Waals surface area contributed by atoms with Gasteiger partial charge in [0.15, 0.2) is 0 Å². The summed E-state index contributed by atoms with van der Waals surface area (Å²) < 4.78 is 5.32. The Kier molecular flexibility index (Phi) is 4.74. The second-order valence-corrected chi connectivity index (χ2v) is 6.70. The van der Waals surface area contributed by atoms with E-state index >= 15 is 0 Å². The number of carboxylic acids is 1. The lowest BCUT2D eigenvalue weighted by molar-refractivity contribution is -0.143. The lowest BCUT2D eigenvalue weighted by Gasteiger charge is -2.28. The van der Waals surface area contributed by atoms with E-state index in [4.69, 9.17) is 4.74 Å². The first-order valence-electron chi connectivity index (χ1n) is 7.54. The molecule has 1 amide bonds. The van der Waals surface area contributed by atoms with Crippen molar-refractivity contribution in [1.82, 2.24) is 4.90 Å². The summed E-state index contributed by atoms with van der Waals surface area (Å²) in [6, 6.07) is 8.94. The molecule has 1 aromatic carbocycles. The molecule has 1 N–H and O–H groups in total. The molecule has 0 bridgehead atoms. The molecule has 1 aliphatic rings. The van der Waals surface area contributed by atoms with Crippen LogP contribution < -0.4 is 0 Å². The van der Waals surface area contributed by atoms with Crippen LogP contribution in [0.5, 0.6) is 0 Å². The molecule has 0 aromatic heterocycles. The minimum absolute atomic E-state index is 0.0904. The quantitative estimate of drug-likeness (QED) is 0.932. The minimum Gasteiger partial charge on any atom is -0.480 e. The number of carboxylic acid groups (broad SMARTS) is 1. The smallest absolute Gasteiger partial charge is 0.411 e. The highest BCUT2D eigenvalue weighted by atomic mass is 16.6. The van der Waals surface area contributed by atoms with Gasteiger partial charge in [0, 0.05) is 6.54 Å². The molecule has 1 heterocycles. The average molecular weight is 305 g/mol. The maximum absolute atomic E-state index is 12.2. The van der Waals surface area contributed by atoms with Crippen LogP contribution in [0.4, 0.5) is 4.79 Å². The molecule has 0 unspecified atom stereocenters. The fraction of sp³-hybridized carbons (Fsp3) is 0.529. The van der Waals surface area contributed by atoms with Gasteiger partial charge in [-0.15, -0.1) is 0 Å². The predicted molar refractivity (Wildman–Crippen MR) is 82.6 cm³/mol. The third-order valence-corrected chi connectivity index (χ3v) is 3.74. The molecule has 5 heteroatoms. The van der Waals surface area contributed by atoms with Crippen molar-refractivity contribution in [2.45, 2.75) is 45.3 Å². The largest absolute Gasteiger partial charge is 0.480 e. The van der Waals surface area contributed by atoms with Gasteiger partial charge in [0.1, 0.15) is 11.6 Å². The van der Waals surface area contributed by atoms with Crippen LogP contribution in [0.15, 0.2) is 30.3 Å². The van der Waals surface area contributed by atoms with E-state index in [1.807, 2.05) is 30.3 Å². The van der Waals surface area contributed by atoms with Crippen LogP contribution in [0.1, 0.15) is 32.8 Å². The third-order valence-electron chi connectivity index (χ3n) is 3.74. The fourth-order valence-corrected chi connectivity index (χ4v) is 2.85. The van der Waals surface area contributed by atoms with E-state index in [0.717, 1.165) is 5.56 Å². The first-order valence-corrected chi connectivity index (χ1v) is 7.54. The number of carbonyl (C=O) groups is 2.